The first-order valence-electron chi connectivity index (χ1n) is 7.16. The van der Waals surface area contributed by atoms with E-state index in [1.807, 2.05) is 22.9 Å². The van der Waals surface area contributed by atoms with Crippen LogP contribution in [0.25, 0.3) is 0 Å². The van der Waals surface area contributed by atoms with Crippen LogP contribution in [-0.2, 0) is 24.2 Å². The number of hydrogen-bond donors (Lipinski definition) is 1. The molecule has 6 heteroatoms. The monoisotopic (exact) mass is 286 g/mol. The molecule has 0 saturated heterocycles. The fraction of sp³-hybridized carbons (Fsp3) is 0.400. The molecule has 0 aliphatic carbocycles. The van der Waals surface area contributed by atoms with Crippen LogP contribution in [0.3, 0.4) is 0 Å². The first-order valence-corrected chi connectivity index (χ1v) is 7.16. The summed E-state index contributed by atoms with van der Waals surface area (Å²) in [6.07, 6.45) is 2.62. The van der Waals surface area contributed by atoms with Crippen molar-refractivity contribution in [1.82, 2.24) is 20.1 Å². The van der Waals surface area contributed by atoms with Gasteiger partial charge in [-0.15, -0.1) is 0 Å². The Hall–Kier alpha value is -2.21. The minimum absolute atomic E-state index is 0.350. The number of carbonyl (C=O) groups excluding carboxylic acids is 1. The van der Waals surface area contributed by atoms with Crippen molar-refractivity contribution in [3.05, 3.63) is 47.0 Å². The van der Waals surface area contributed by atoms with Gasteiger partial charge in [0.25, 0.3) is 0 Å². The summed E-state index contributed by atoms with van der Waals surface area (Å²) in [5, 5.41) is 7.75. The highest BCUT2D eigenvalue weighted by Crippen LogP contribution is 2.20. The molecular weight excluding hydrogens is 268 g/mol. The van der Waals surface area contributed by atoms with Crippen LogP contribution in [0.2, 0.25) is 0 Å². The minimum Gasteiger partial charge on any atom is -0.461 e. The van der Waals surface area contributed by atoms with Crippen LogP contribution in [0.1, 0.15) is 34.4 Å². The normalized spacial score (nSPS) is 13.8. The van der Waals surface area contributed by atoms with E-state index in [-0.39, 0.29) is 5.97 Å². The predicted molar refractivity (Wildman–Crippen MR) is 76.9 cm³/mol. The second-order valence-electron chi connectivity index (χ2n) is 4.90. The molecule has 1 N–H and O–H groups in total. The first-order chi connectivity index (χ1) is 10.3. The molecule has 0 spiro atoms. The van der Waals surface area contributed by atoms with E-state index in [0.717, 1.165) is 29.9 Å². The van der Waals surface area contributed by atoms with Crippen LogP contribution in [0, 0.1) is 0 Å². The van der Waals surface area contributed by atoms with E-state index in [2.05, 4.69) is 15.4 Å². The van der Waals surface area contributed by atoms with Crippen molar-refractivity contribution in [2.45, 2.75) is 26.4 Å². The fourth-order valence-corrected chi connectivity index (χ4v) is 2.56. The topological polar surface area (TPSA) is 69.0 Å². The SMILES string of the molecule is CCOC(=O)c1nn(Cc2ccccn2)c2c1CNCC2. The lowest BCUT2D eigenvalue weighted by Crippen LogP contribution is -2.26. The second kappa shape index (κ2) is 6.05. The molecule has 0 aromatic carbocycles. The molecule has 2 aromatic heterocycles. The summed E-state index contributed by atoms with van der Waals surface area (Å²) < 4.78 is 6.98. The highest BCUT2D eigenvalue weighted by Gasteiger charge is 2.25. The lowest BCUT2D eigenvalue weighted by Gasteiger charge is -2.15. The van der Waals surface area contributed by atoms with Crippen molar-refractivity contribution in [2.75, 3.05) is 13.2 Å². The van der Waals surface area contributed by atoms with Gasteiger partial charge in [-0.3, -0.25) is 9.67 Å². The van der Waals surface area contributed by atoms with E-state index >= 15 is 0 Å². The van der Waals surface area contributed by atoms with Crippen LogP contribution in [0.4, 0.5) is 0 Å². The molecule has 0 fully saturated rings. The summed E-state index contributed by atoms with van der Waals surface area (Å²) in [6, 6.07) is 5.79. The van der Waals surface area contributed by atoms with Crippen LogP contribution in [-0.4, -0.2) is 33.9 Å². The molecule has 21 heavy (non-hydrogen) atoms. The van der Waals surface area contributed by atoms with Gasteiger partial charge in [0.1, 0.15) is 0 Å². The van der Waals surface area contributed by atoms with E-state index in [9.17, 15) is 4.79 Å². The van der Waals surface area contributed by atoms with Gasteiger partial charge in [-0.2, -0.15) is 5.10 Å². The number of rotatable bonds is 4. The van der Waals surface area contributed by atoms with Crippen molar-refractivity contribution >= 4 is 5.97 Å². The third-order valence-electron chi connectivity index (χ3n) is 3.51. The Morgan fingerprint density at radius 2 is 2.38 bits per heavy atom. The van der Waals surface area contributed by atoms with Crippen LogP contribution >= 0.6 is 0 Å². The van der Waals surface area contributed by atoms with Gasteiger partial charge in [-0.05, 0) is 19.1 Å². The van der Waals surface area contributed by atoms with Crippen molar-refractivity contribution in [2.24, 2.45) is 0 Å². The van der Waals surface area contributed by atoms with Crippen LogP contribution in [0.5, 0.6) is 0 Å². The Kier molecular flexibility index (Phi) is 3.96. The lowest BCUT2D eigenvalue weighted by molar-refractivity contribution is 0.0517. The lowest BCUT2D eigenvalue weighted by atomic mass is 10.1. The Morgan fingerprint density at radius 1 is 1.48 bits per heavy atom. The third kappa shape index (κ3) is 2.80. The number of nitrogens with one attached hydrogen (secondary N) is 1. The minimum atomic E-state index is -0.350. The van der Waals surface area contributed by atoms with Crippen LogP contribution in [0.15, 0.2) is 24.4 Å². The average Bonchev–Trinajstić information content (AvgIpc) is 2.88. The second-order valence-corrected chi connectivity index (χ2v) is 4.90. The van der Waals surface area contributed by atoms with Crippen LogP contribution < -0.4 is 5.32 Å². The summed E-state index contributed by atoms with van der Waals surface area (Å²) in [7, 11) is 0. The Morgan fingerprint density at radius 3 is 3.14 bits per heavy atom. The van der Waals surface area contributed by atoms with Gasteiger partial charge < -0.3 is 10.1 Å². The molecule has 1 aliphatic heterocycles. The smallest absolute Gasteiger partial charge is 0.359 e. The zero-order valence-corrected chi connectivity index (χ0v) is 12.0. The Labute approximate surface area is 123 Å². The molecule has 0 unspecified atom stereocenters. The zero-order valence-electron chi connectivity index (χ0n) is 12.0. The number of nitrogens with zero attached hydrogens (tertiary/aromatic N) is 3. The number of fused-ring (bicyclic) bond motifs is 1. The maximum absolute atomic E-state index is 12.0. The molecule has 0 radical (unpaired) electrons. The number of pyridine rings is 1. The van der Waals surface area contributed by atoms with Crippen molar-refractivity contribution in [1.29, 1.82) is 0 Å². The first kappa shape index (κ1) is 13.8. The van der Waals surface area contributed by atoms with Crippen molar-refractivity contribution in [3.8, 4) is 0 Å². The largest absolute Gasteiger partial charge is 0.461 e. The Balaban J connectivity index is 1.95. The van der Waals surface area contributed by atoms with Crippen molar-refractivity contribution < 1.29 is 9.53 Å². The Bertz CT molecular complexity index is 637. The van der Waals surface area contributed by atoms with Gasteiger partial charge in [0, 0.05) is 37.0 Å². The standard InChI is InChI=1S/C15H18N4O2/c1-2-21-15(20)14-12-9-16-8-6-13(12)19(18-14)10-11-5-3-4-7-17-11/h3-5,7,16H,2,6,8-10H2,1H3. The maximum atomic E-state index is 12.0. The zero-order chi connectivity index (χ0) is 14.7. The number of esters is 1. The molecule has 0 bridgehead atoms. The third-order valence-corrected chi connectivity index (χ3v) is 3.51. The summed E-state index contributed by atoms with van der Waals surface area (Å²) in [4.78, 5) is 16.4. The maximum Gasteiger partial charge on any atom is 0.359 e. The molecule has 0 amide bonds. The van der Waals surface area contributed by atoms with Gasteiger partial charge in [0.15, 0.2) is 5.69 Å². The number of ether oxygens (including phenoxy) is 1. The number of aromatic nitrogens is 3. The van der Waals surface area contributed by atoms with Gasteiger partial charge in [-0.1, -0.05) is 6.07 Å². The number of carbonyl (C=O) groups is 1. The van der Waals surface area contributed by atoms with Gasteiger partial charge in [0.2, 0.25) is 0 Å². The van der Waals surface area contributed by atoms with Gasteiger partial charge in [0.05, 0.1) is 18.8 Å². The average molecular weight is 286 g/mol. The van der Waals surface area contributed by atoms with Gasteiger partial charge >= 0.3 is 5.97 Å². The summed E-state index contributed by atoms with van der Waals surface area (Å²) in [5.41, 5.74) is 3.41. The fourth-order valence-electron chi connectivity index (χ4n) is 2.56. The molecular formula is C15H18N4O2. The highest BCUT2D eigenvalue weighted by molar-refractivity contribution is 5.89. The summed E-state index contributed by atoms with van der Waals surface area (Å²) >= 11 is 0. The summed E-state index contributed by atoms with van der Waals surface area (Å²) in [5.74, 6) is -0.350. The summed E-state index contributed by atoms with van der Waals surface area (Å²) in [6.45, 7) is 4.28. The molecule has 0 atom stereocenters. The highest BCUT2D eigenvalue weighted by atomic mass is 16.5. The quantitative estimate of drug-likeness (QED) is 0.854. The molecule has 110 valence electrons. The predicted octanol–water partition coefficient (Wildman–Crippen LogP) is 1.15. The molecule has 6 nitrogen and oxygen atoms in total. The molecule has 2 aromatic rings. The molecule has 0 saturated carbocycles. The molecule has 3 rings (SSSR count). The van der Waals surface area contributed by atoms with E-state index in [0.29, 0.717) is 25.4 Å². The molecule has 1 aliphatic rings. The van der Waals surface area contributed by atoms with E-state index in [1.54, 1.807) is 13.1 Å². The number of hydrogen-bond acceptors (Lipinski definition) is 5. The van der Waals surface area contributed by atoms with E-state index < -0.39 is 0 Å². The van der Waals surface area contributed by atoms with E-state index in [4.69, 9.17) is 4.74 Å². The molecule has 3 heterocycles. The van der Waals surface area contributed by atoms with E-state index in [1.165, 1.54) is 0 Å². The van der Waals surface area contributed by atoms with Gasteiger partial charge in [-0.25, -0.2) is 4.79 Å². The van der Waals surface area contributed by atoms with Crippen molar-refractivity contribution in [3.63, 3.8) is 0 Å².